The number of ether oxygens (including phenoxy) is 1. The summed E-state index contributed by atoms with van der Waals surface area (Å²) in [6.07, 6.45) is 0. The van der Waals surface area contributed by atoms with Gasteiger partial charge in [0.2, 0.25) is 10.0 Å². The molecule has 6 nitrogen and oxygen atoms in total. The van der Waals surface area contributed by atoms with Gasteiger partial charge in [-0.3, -0.25) is 0 Å². The molecule has 1 N–H and O–H groups in total. The van der Waals surface area contributed by atoms with E-state index in [1.165, 1.54) is 0 Å². The maximum absolute atomic E-state index is 13.1. The Morgan fingerprint density at radius 3 is 2.44 bits per heavy atom. The number of para-hydroxylation sites is 1. The highest BCUT2D eigenvalue weighted by Crippen LogP contribution is 2.25. The minimum atomic E-state index is -3.75. The number of hydrogen-bond acceptors (Lipinski definition) is 4. The zero-order valence-electron chi connectivity index (χ0n) is 15.8. The van der Waals surface area contributed by atoms with Gasteiger partial charge in [-0.05, 0) is 50.6 Å². The lowest BCUT2D eigenvalue weighted by molar-refractivity contribution is 0.413. The van der Waals surface area contributed by atoms with Crippen LogP contribution in [-0.4, -0.2) is 25.3 Å². The second-order valence-corrected chi connectivity index (χ2v) is 8.02. The average Bonchev–Trinajstić information content (AvgIpc) is 2.97. The number of aromatic nitrogens is 2. The first-order chi connectivity index (χ1) is 12.8. The molecule has 0 saturated carbocycles. The van der Waals surface area contributed by atoms with Crippen molar-refractivity contribution < 1.29 is 13.2 Å². The molecule has 0 aliphatic carbocycles. The summed E-state index contributed by atoms with van der Waals surface area (Å²) in [6.45, 7) is 5.27. The first-order valence-corrected chi connectivity index (χ1v) is 10.1. The second kappa shape index (κ2) is 7.54. The molecule has 0 amide bonds. The fraction of sp³-hybridized carbons (Fsp3) is 0.250. The lowest BCUT2D eigenvalue weighted by Crippen LogP contribution is -2.27. The summed E-state index contributed by atoms with van der Waals surface area (Å²) in [6, 6.07) is 16.4. The summed E-state index contributed by atoms with van der Waals surface area (Å²) in [4.78, 5) is 0.209. The van der Waals surface area contributed by atoms with Crippen molar-refractivity contribution in [1.29, 1.82) is 0 Å². The van der Waals surface area contributed by atoms with Gasteiger partial charge in [0.05, 0.1) is 24.2 Å². The van der Waals surface area contributed by atoms with E-state index in [0.29, 0.717) is 17.1 Å². The van der Waals surface area contributed by atoms with Gasteiger partial charge >= 0.3 is 0 Å². The Morgan fingerprint density at radius 2 is 1.78 bits per heavy atom. The molecule has 0 radical (unpaired) electrons. The minimum Gasteiger partial charge on any atom is -0.497 e. The van der Waals surface area contributed by atoms with E-state index in [-0.39, 0.29) is 4.90 Å². The Bertz CT molecular complexity index is 1040. The van der Waals surface area contributed by atoms with E-state index in [1.807, 2.05) is 54.6 Å². The number of benzene rings is 2. The van der Waals surface area contributed by atoms with Crippen LogP contribution in [0.5, 0.6) is 5.75 Å². The zero-order chi connectivity index (χ0) is 19.6. The minimum absolute atomic E-state index is 0.209. The molecule has 1 unspecified atom stereocenters. The van der Waals surface area contributed by atoms with E-state index < -0.39 is 16.1 Å². The van der Waals surface area contributed by atoms with E-state index in [1.54, 1.807) is 32.6 Å². The highest BCUT2D eigenvalue weighted by atomic mass is 32.2. The predicted molar refractivity (Wildman–Crippen MR) is 105 cm³/mol. The maximum Gasteiger partial charge on any atom is 0.244 e. The molecule has 0 bridgehead atoms. The summed E-state index contributed by atoms with van der Waals surface area (Å²) in [5.41, 5.74) is 2.68. The molecule has 0 aliphatic heterocycles. The van der Waals surface area contributed by atoms with Crippen LogP contribution in [0.25, 0.3) is 5.69 Å². The molecule has 0 spiro atoms. The molecular weight excluding hydrogens is 362 g/mol. The molecule has 0 aliphatic rings. The molecular formula is C20H23N3O3S. The summed E-state index contributed by atoms with van der Waals surface area (Å²) in [5.74, 6) is 0.683. The number of nitrogens with zero attached hydrogens (tertiary/aromatic N) is 2. The van der Waals surface area contributed by atoms with Gasteiger partial charge in [0.15, 0.2) is 0 Å². The number of hydrogen-bond donors (Lipinski definition) is 1. The molecule has 1 atom stereocenters. The highest BCUT2D eigenvalue weighted by Gasteiger charge is 2.27. The van der Waals surface area contributed by atoms with Crippen molar-refractivity contribution in [1.82, 2.24) is 14.5 Å². The number of aryl methyl sites for hydroxylation is 1. The second-order valence-electron chi connectivity index (χ2n) is 6.37. The number of sulfonamides is 1. The fourth-order valence-corrected chi connectivity index (χ4v) is 4.73. The normalized spacial score (nSPS) is 12.7. The van der Waals surface area contributed by atoms with Crippen LogP contribution in [-0.2, 0) is 10.0 Å². The molecule has 3 rings (SSSR count). The molecule has 1 aromatic heterocycles. The molecule has 27 heavy (non-hydrogen) atoms. The third-order valence-corrected chi connectivity index (χ3v) is 6.21. The quantitative estimate of drug-likeness (QED) is 0.704. The molecule has 0 fully saturated rings. The van der Waals surface area contributed by atoms with Crippen LogP contribution in [0.1, 0.15) is 29.9 Å². The molecule has 142 valence electrons. The Hall–Kier alpha value is -2.64. The van der Waals surface area contributed by atoms with Crippen molar-refractivity contribution in [3.05, 3.63) is 71.5 Å². The lowest BCUT2D eigenvalue weighted by atomic mass is 10.1. The highest BCUT2D eigenvalue weighted by molar-refractivity contribution is 7.89. The number of rotatable bonds is 6. The van der Waals surface area contributed by atoms with E-state index in [4.69, 9.17) is 4.74 Å². The summed E-state index contributed by atoms with van der Waals surface area (Å²) >= 11 is 0. The van der Waals surface area contributed by atoms with Crippen LogP contribution in [0.3, 0.4) is 0 Å². The van der Waals surface area contributed by atoms with Gasteiger partial charge in [-0.15, -0.1) is 0 Å². The Kier molecular flexibility index (Phi) is 5.34. The first kappa shape index (κ1) is 19.1. The summed E-state index contributed by atoms with van der Waals surface area (Å²) < 4.78 is 35.7. The van der Waals surface area contributed by atoms with Crippen LogP contribution in [0.2, 0.25) is 0 Å². The number of nitrogens with one attached hydrogen (secondary N) is 1. The fourth-order valence-electron chi connectivity index (χ4n) is 3.11. The van der Waals surface area contributed by atoms with E-state index >= 15 is 0 Å². The summed E-state index contributed by atoms with van der Waals surface area (Å²) in [5, 5.41) is 4.43. The van der Waals surface area contributed by atoms with Crippen molar-refractivity contribution in [2.24, 2.45) is 0 Å². The monoisotopic (exact) mass is 385 g/mol. The average molecular weight is 385 g/mol. The largest absolute Gasteiger partial charge is 0.497 e. The van der Waals surface area contributed by atoms with Crippen molar-refractivity contribution in [3.8, 4) is 11.4 Å². The standard InChI is InChI=1S/C20H23N3O3S/c1-14(17-9-8-12-19(13-17)26-4)22-27(24,25)20-15(2)21-23(16(20)3)18-10-6-5-7-11-18/h5-14,22H,1-4H3. The SMILES string of the molecule is COc1cccc(C(C)NS(=O)(=O)c2c(C)nn(-c3ccccc3)c2C)c1. The molecule has 7 heteroatoms. The van der Waals surface area contributed by atoms with Gasteiger partial charge in [-0.1, -0.05) is 30.3 Å². The number of methoxy groups -OCH3 is 1. The third-order valence-electron chi connectivity index (χ3n) is 4.42. The molecule has 3 aromatic rings. The predicted octanol–water partition coefficient (Wildman–Crippen LogP) is 3.54. The summed E-state index contributed by atoms with van der Waals surface area (Å²) in [7, 11) is -2.17. The van der Waals surface area contributed by atoms with Gasteiger partial charge in [0, 0.05) is 6.04 Å². The van der Waals surface area contributed by atoms with Crippen molar-refractivity contribution >= 4 is 10.0 Å². The molecule has 0 saturated heterocycles. The van der Waals surface area contributed by atoms with E-state index in [0.717, 1.165) is 11.3 Å². The van der Waals surface area contributed by atoms with E-state index in [9.17, 15) is 8.42 Å². The third kappa shape index (κ3) is 3.89. The maximum atomic E-state index is 13.1. The van der Waals surface area contributed by atoms with Gasteiger partial charge in [0.1, 0.15) is 10.6 Å². The molecule has 2 aromatic carbocycles. The Morgan fingerprint density at radius 1 is 1.07 bits per heavy atom. The smallest absolute Gasteiger partial charge is 0.244 e. The van der Waals surface area contributed by atoms with Crippen molar-refractivity contribution in [3.63, 3.8) is 0 Å². The van der Waals surface area contributed by atoms with Gasteiger partial charge in [0.25, 0.3) is 0 Å². The van der Waals surface area contributed by atoms with Crippen molar-refractivity contribution in [2.45, 2.75) is 31.7 Å². The topological polar surface area (TPSA) is 73.2 Å². The van der Waals surface area contributed by atoms with Gasteiger partial charge < -0.3 is 4.74 Å². The van der Waals surface area contributed by atoms with Crippen molar-refractivity contribution in [2.75, 3.05) is 7.11 Å². The first-order valence-electron chi connectivity index (χ1n) is 8.61. The van der Waals surface area contributed by atoms with Gasteiger partial charge in [-0.25, -0.2) is 17.8 Å². The van der Waals surface area contributed by atoms with Gasteiger partial charge in [-0.2, -0.15) is 5.10 Å². The van der Waals surface area contributed by atoms with Crippen LogP contribution in [0.4, 0.5) is 0 Å². The van der Waals surface area contributed by atoms with E-state index in [2.05, 4.69) is 9.82 Å². The Balaban J connectivity index is 1.94. The van der Waals surface area contributed by atoms with Crippen LogP contribution in [0.15, 0.2) is 59.5 Å². The molecule has 1 heterocycles. The van der Waals surface area contributed by atoms with Crippen LogP contribution >= 0.6 is 0 Å². The van der Waals surface area contributed by atoms with Crippen LogP contribution < -0.4 is 9.46 Å². The zero-order valence-corrected chi connectivity index (χ0v) is 16.6. The Labute approximate surface area is 159 Å². The van der Waals surface area contributed by atoms with Crippen LogP contribution in [0, 0.1) is 13.8 Å². The lowest BCUT2D eigenvalue weighted by Gasteiger charge is -2.16.